The van der Waals surface area contributed by atoms with Crippen molar-refractivity contribution in [3.63, 3.8) is 0 Å². The molecule has 2 aromatic rings. The topological polar surface area (TPSA) is 82.5 Å². The number of carbonyl (C=O) groups is 2. The largest absolute Gasteiger partial charge is 0.493 e. The van der Waals surface area contributed by atoms with Crippen LogP contribution in [0.15, 0.2) is 30.3 Å². The summed E-state index contributed by atoms with van der Waals surface area (Å²) in [6, 6.07) is 9.25. The van der Waals surface area contributed by atoms with E-state index in [0.29, 0.717) is 17.3 Å². The standard InChI is InChI=1S/C17H21N3O4/c1-4-23-17(22)15-12(2)19-20(3)16(15)18-14(21)10-11-24-13-8-6-5-7-9-13/h5-9H,4,10-11H2,1-3H3,(H,18,21). The summed E-state index contributed by atoms with van der Waals surface area (Å²) in [5, 5.41) is 6.87. The van der Waals surface area contributed by atoms with Crippen molar-refractivity contribution in [3.05, 3.63) is 41.6 Å². The van der Waals surface area contributed by atoms with E-state index in [0.717, 1.165) is 0 Å². The summed E-state index contributed by atoms with van der Waals surface area (Å²) in [4.78, 5) is 24.1. The predicted molar refractivity (Wildman–Crippen MR) is 89.1 cm³/mol. The van der Waals surface area contributed by atoms with Crippen molar-refractivity contribution in [2.75, 3.05) is 18.5 Å². The van der Waals surface area contributed by atoms with E-state index in [4.69, 9.17) is 9.47 Å². The number of aryl methyl sites for hydroxylation is 2. The highest BCUT2D eigenvalue weighted by molar-refractivity contribution is 6.01. The lowest BCUT2D eigenvalue weighted by atomic mass is 10.2. The van der Waals surface area contributed by atoms with E-state index in [1.165, 1.54) is 4.68 Å². The smallest absolute Gasteiger partial charge is 0.343 e. The second kappa shape index (κ2) is 8.14. The third-order valence-corrected chi connectivity index (χ3v) is 3.30. The van der Waals surface area contributed by atoms with Crippen LogP contribution in [-0.2, 0) is 16.6 Å². The number of amides is 1. The van der Waals surface area contributed by atoms with Gasteiger partial charge in [-0.25, -0.2) is 4.79 Å². The number of hydrogen-bond acceptors (Lipinski definition) is 5. The normalized spacial score (nSPS) is 10.3. The van der Waals surface area contributed by atoms with Crippen LogP contribution in [0.4, 0.5) is 5.82 Å². The molecule has 1 aromatic carbocycles. The Hall–Kier alpha value is -2.83. The number of benzene rings is 1. The summed E-state index contributed by atoms with van der Waals surface area (Å²) >= 11 is 0. The molecule has 24 heavy (non-hydrogen) atoms. The monoisotopic (exact) mass is 331 g/mol. The highest BCUT2D eigenvalue weighted by Crippen LogP contribution is 2.20. The fraction of sp³-hybridized carbons (Fsp3) is 0.353. The lowest BCUT2D eigenvalue weighted by Gasteiger charge is -2.09. The molecule has 0 aliphatic heterocycles. The van der Waals surface area contributed by atoms with Crippen molar-refractivity contribution in [1.82, 2.24) is 9.78 Å². The average Bonchev–Trinajstić information content (AvgIpc) is 2.82. The molecule has 1 N–H and O–H groups in total. The van der Waals surface area contributed by atoms with Crippen molar-refractivity contribution in [2.24, 2.45) is 7.05 Å². The number of carbonyl (C=O) groups excluding carboxylic acids is 2. The molecule has 1 heterocycles. The van der Waals surface area contributed by atoms with Crippen molar-refractivity contribution in [1.29, 1.82) is 0 Å². The Labute approximate surface area is 140 Å². The van der Waals surface area contributed by atoms with Crippen LogP contribution in [0.3, 0.4) is 0 Å². The molecule has 2 rings (SSSR count). The fourth-order valence-corrected chi connectivity index (χ4v) is 2.22. The van der Waals surface area contributed by atoms with Crippen LogP contribution in [0.5, 0.6) is 5.75 Å². The van der Waals surface area contributed by atoms with Crippen LogP contribution in [0.1, 0.15) is 29.4 Å². The maximum Gasteiger partial charge on any atom is 0.343 e. The second-order valence-electron chi connectivity index (χ2n) is 5.11. The SMILES string of the molecule is CCOC(=O)c1c(C)nn(C)c1NC(=O)CCOc1ccccc1. The lowest BCUT2D eigenvalue weighted by molar-refractivity contribution is -0.116. The molecule has 0 bridgehead atoms. The molecule has 0 aliphatic rings. The van der Waals surface area contributed by atoms with Crippen LogP contribution in [-0.4, -0.2) is 34.9 Å². The third-order valence-electron chi connectivity index (χ3n) is 3.30. The summed E-state index contributed by atoms with van der Waals surface area (Å²) in [5.41, 5.74) is 0.781. The van der Waals surface area contributed by atoms with Crippen molar-refractivity contribution >= 4 is 17.7 Å². The summed E-state index contributed by atoms with van der Waals surface area (Å²) in [6.07, 6.45) is 0.154. The van der Waals surface area contributed by atoms with Crippen LogP contribution in [0.2, 0.25) is 0 Å². The maximum atomic E-state index is 12.1. The van der Waals surface area contributed by atoms with Gasteiger partial charge in [0.2, 0.25) is 5.91 Å². The predicted octanol–water partition coefficient (Wildman–Crippen LogP) is 2.31. The van der Waals surface area contributed by atoms with E-state index in [1.54, 1.807) is 20.9 Å². The molecule has 7 heteroatoms. The zero-order chi connectivity index (χ0) is 17.5. The van der Waals surface area contributed by atoms with Gasteiger partial charge in [0, 0.05) is 7.05 Å². The zero-order valence-electron chi connectivity index (χ0n) is 14.0. The Morgan fingerprint density at radius 1 is 1.25 bits per heavy atom. The highest BCUT2D eigenvalue weighted by atomic mass is 16.5. The number of ether oxygens (including phenoxy) is 2. The number of rotatable bonds is 7. The van der Waals surface area contributed by atoms with E-state index in [-0.39, 0.29) is 31.1 Å². The van der Waals surface area contributed by atoms with Gasteiger partial charge in [-0.05, 0) is 26.0 Å². The van der Waals surface area contributed by atoms with Crippen LogP contribution >= 0.6 is 0 Å². The number of esters is 1. The third kappa shape index (κ3) is 4.34. The van der Waals surface area contributed by atoms with Gasteiger partial charge in [-0.3, -0.25) is 9.48 Å². The Balaban J connectivity index is 1.97. The van der Waals surface area contributed by atoms with Gasteiger partial charge in [0.25, 0.3) is 0 Å². The van der Waals surface area contributed by atoms with E-state index >= 15 is 0 Å². The zero-order valence-corrected chi connectivity index (χ0v) is 14.0. The summed E-state index contributed by atoms with van der Waals surface area (Å²) < 4.78 is 12.0. The van der Waals surface area contributed by atoms with Crippen molar-refractivity contribution in [2.45, 2.75) is 20.3 Å². The number of nitrogens with zero attached hydrogens (tertiary/aromatic N) is 2. The molecule has 7 nitrogen and oxygen atoms in total. The van der Waals surface area contributed by atoms with Gasteiger partial charge >= 0.3 is 5.97 Å². The molecule has 0 unspecified atom stereocenters. The molecule has 1 amide bonds. The molecular formula is C17H21N3O4. The molecule has 0 atom stereocenters. The minimum absolute atomic E-state index is 0.154. The van der Waals surface area contributed by atoms with Gasteiger partial charge in [0.05, 0.1) is 25.3 Å². The molecule has 0 radical (unpaired) electrons. The highest BCUT2D eigenvalue weighted by Gasteiger charge is 2.22. The fourth-order valence-electron chi connectivity index (χ4n) is 2.22. The number of aromatic nitrogens is 2. The number of para-hydroxylation sites is 1. The first-order valence-corrected chi connectivity index (χ1v) is 7.71. The van der Waals surface area contributed by atoms with Gasteiger partial charge in [0.1, 0.15) is 17.1 Å². The Bertz CT molecular complexity index is 710. The number of anilines is 1. The van der Waals surface area contributed by atoms with Crippen LogP contribution < -0.4 is 10.1 Å². The first-order chi connectivity index (χ1) is 11.5. The summed E-state index contributed by atoms with van der Waals surface area (Å²) in [6.45, 7) is 3.91. The lowest BCUT2D eigenvalue weighted by Crippen LogP contribution is -2.19. The van der Waals surface area contributed by atoms with Gasteiger partial charge in [0.15, 0.2) is 0 Å². The summed E-state index contributed by atoms with van der Waals surface area (Å²) in [7, 11) is 1.66. The van der Waals surface area contributed by atoms with E-state index in [1.807, 2.05) is 30.3 Å². The Kier molecular flexibility index (Phi) is 5.95. The maximum absolute atomic E-state index is 12.1. The van der Waals surface area contributed by atoms with E-state index < -0.39 is 5.97 Å². The van der Waals surface area contributed by atoms with Gasteiger partial charge in [-0.15, -0.1) is 0 Å². The second-order valence-corrected chi connectivity index (χ2v) is 5.11. The minimum atomic E-state index is -0.501. The minimum Gasteiger partial charge on any atom is -0.493 e. The summed E-state index contributed by atoms with van der Waals surface area (Å²) in [5.74, 6) is 0.267. The molecule has 0 saturated carbocycles. The van der Waals surface area contributed by atoms with E-state index in [2.05, 4.69) is 10.4 Å². The molecule has 1 aromatic heterocycles. The number of hydrogen-bond donors (Lipinski definition) is 1. The molecular weight excluding hydrogens is 310 g/mol. The number of nitrogens with one attached hydrogen (secondary N) is 1. The first-order valence-electron chi connectivity index (χ1n) is 7.71. The van der Waals surface area contributed by atoms with Gasteiger partial charge in [-0.2, -0.15) is 5.10 Å². The Morgan fingerprint density at radius 2 is 1.96 bits per heavy atom. The van der Waals surface area contributed by atoms with Crippen molar-refractivity contribution in [3.8, 4) is 5.75 Å². The molecule has 0 aliphatic carbocycles. The molecule has 128 valence electrons. The van der Waals surface area contributed by atoms with Crippen molar-refractivity contribution < 1.29 is 19.1 Å². The average molecular weight is 331 g/mol. The van der Waals surface area contributed by atoms with Gasteiger partial charge < -0.3 is 14.8 Å². The molecule has 0 fully saturated rings. The first kappa shape index (κ1) is 17.5. The van der Waals surface area contributed by atoms with Crippen LogP contribution in [0.25, 0.3) is 0 Å². The quantitative estimate of drug-likeness (QED) is 0.787. The van der Waals surface area contributed by atoms with E-state index in [9.17, 15) is 9.59 Å². The van der Waals surface area contributed by atoms with Crippen LogP contribution in [0, 0.1) is 6.92 Å². The Morgan fingerprint density at radius 3 is 2.62 bits per heavy atom. The van der Waals surface area contributed by atoms with Gasteiger partial charge in [-0.1, -0.05) is 18.2 Å². The molecule has 0 saturated heterocycles. The molecule has 0 spiro atoms.